The summed E-state index contributed by atoms with van der Waals surface area (Å²) >= 11 is 0. The van der Waals surface area contributed by atoms with Crippen molar-refractivity contribution in [2.45, 2.75) is 59.3 Å². The molecule has 1 rings (SSSR count). The highest BCUT2D eigenvalue weighted by atomic mass is 16.3. The lowest BCUT2D eigenvalue weighted by atomic mass is 10.0. The van der Waals surface area contributed by atoms with E-state index in [2.05, 4.69) is 6.92 Å². The van der Waals surface area contributed by atoms with Crippen LogP contribution >= 0.6 is 0 Å². The third kappa shape index (κ3) is 3.80. The van der Waals surface area contributed by atoms with Gasteiger partial charge in [-0.2, -0.15) is 0 Å². The van der Waals surface area contributed by atoms with E-state index in [9.17, 15) is 19.5 Å². The topological polar surface area (TPSA) is 77.5 Å². The highest BCUT2D eigenvalue weighted by Crippen LogP contribution is 2.27. The molecule has 0 aromatic carbocycles. The van der Waals surface area contributed by atoms with Crippen LogP contribution in [0, 0.1) is 0 Å². The maximum absolute atomic E-state index is 12.1. The van der Waals surface area contributed by atoms with Crippen molar-refractivity contribution >= 4 is 17.6 Å². The quantitative estimate of drug-likeness (QED) is 0.529. The van der Waals surface area contributed by atoms with Crippen molar-refractivity contribution < 1.29 is 19.5 Å². The van der Waals surface area contributed by atoms with Gasteiger partial charge in [0, 0.05) is 19.0 Å². The van der Waals surface area contributed by atoms with Crippen molar-refractivity contribution in [3.8, 4) is 0 Å². The zero-order valence-electron chi connectivity index (χ0n) is 12.9. The van der Waals surface area contributed by atoms with E-state index >= 15 is 0 Å². The Kier molecular flexibility index (Phi) is 6.34. The van der Waals surface area contributed by atoms with Crippen LogP contribution in [0.1, 0.15) is 59.3 Å². The first-order valence-corrected chi connectivity index (χ1v) is 7.41. The van der Waals surface area contributed by atoms with E-state index in [4.69, 9.17) is 0 Å². The van der Waals surface area contributed by atoms with Gasteiger partial charge in [-0.3, -0.25) is 14.4 Å². The summed E-state index contributed by atoms with van der Waals surface area (Å²) in [4.78, 5) is 36.4. The molecule has 0 saturated carbocycles. The summed E-state index contributed by atoms with van der Waals surface area (Å²) in [5, 5.41) is 12.1. The predicted octanol–water partition coefficient (Wildman–Crippen LogP) is 1.82. The molecule has 0 aromatic rings. The molecule has 0 atom stereocenters. The fourth-order valence-corrected chi connectivity index (χ4v) is 2.38. The third-order valence-electron chi connectivity index (χ3n) is 3.49. The molecule has 1 aliphatic heterocycles. The van der Waals surface area contributed by atoms with Gasteiger partial charge in [0.05, 0.1) is 5.57 Å². The number of hydrogen-bond acceptors (Lipinski definition) is 4. The van der Waals surface area contributed by atoms with E-state index in [0.29, 0.717) is 6.42 Å². The van der Waals surface area contributed by atoms with Crippen molar-refractivity contribution in [1.29, 1.82) is 0 Å². The first-order valence-electron chi connectivity index (χ1n) is 7.41. The number of imide groups is 1. The number of unbranched alkanes of at least 4 members (excludes halogenated alkanes) is 4. The summed E-state index contributed by atoms with van der Waals surface area (Å²) in [5.41, 5.74) is -0.379. The Hall–Kier alpha value is -1.91. The second kappa shape index (κ2) is 7.76. The molecule has 1 aliphatic rings. The molecule has 0 bridgehead atoms. The molecule has 0 fully saturated rings. The molecular weight excluding hydrogens is 270 g/mol. The molecule has 1 heterocycles. The number of nitrogens with zero attached hydrogens (tertiary/aromatic N) is 1. The number of Topliss-reactive ketones (excluding diaryl/α,β-unsaturated/α-hetero) is 1. The second-order valence-corrected chi connectivity index (χ2v) is 5.13. The zero-order chi connectivity index (χ0) is 16.0. The van der Waals surface area contributed by atoms with Crippen LogP contribution in [0.4, 0.5) is 0 Å². The van der Waals surface area contributed by atoms with Gasteiger partial charge < -0.3 is 5.11 Å². The van der Waals surface area contributed by atoms with Crippen molar-refractivity contribution in [1.82, 2.24) is 4.90 Å². The summed E-state index contributed by atoms with van der Waals surface area (Å²) in [7, 11) is 0. The van der Waals surface area contributed by atoms with Gasteiger partial charge in [-0.25, -0.2) is 4.90 Å². The second-order valence-electron chi connectivity index (χ2n) is 5.13. The standard InChI is InChI=1S/C16H23NO4/c1-4-6-7-8-9-10-13(19)14-15(20)12(5-2)17(11(3)18)16(14)21/h5,20H,4,6-10H2,1-3H3/p-1/b12-5-. The average Bonchev–Trinajstić information content (AvgIpc) is 2.69. The van der Waals surface area contributed by atoms with E-state index < -0.39 is 23.4 Å². The SMILES string of the molecule is C/C=C1/C([O-])=C(C(=O)CCCCCCC)C(=O)N1C(C)=O. The first kappa shape index (κ1) is 17.1. The van der Waals surface area contributed by atoms with Gasteiger partial charge >= 0.3 is 0 Å². The molecule has 5 nitrogen and oxygen atoms in total. The zero-order valence-corrected chi connectivity index (χ0v) is 12.9. The van der Waals surface area contributed by atoms with Crippen molar-refractivity contribution in [3.05, 3.63) is 23.1 Å². The Balaban J connectivity index is 2.77. The van der Waals surface area contributed by atoms with E-state index in [1.807, 2.05) is 0 Å². The van der Waals surface area contributed by atoms with E-state index in [1.54, 1.807) is 6.92 Å². The number of ketones is 1. The van der Waals surface area contributed by atoms with Crippen LogP contribution < -0.4 is 5.11 Å². The lowest BCUT2D eigenvalue weighted by Crippen LogP contribution is -2.32. The smallest absolute Gasteiger partial charge is 0.268 e. The van der Waals surface area contributed by atoms with Crippen LogP contribution in [0.3, 0.4) is 0 Å². The van der Waals surface area contributed by atoms with Gasteiger partial charge in [0.1, 0.15) is 0 Å². The molecule has 0 unspecified atom stereocenters. The molecule has 116 valence electrons. The number of allylic oxidation sites excluding steroid dienone is 1. The molecular formula is C16H22NO4-. The van der Waals surface area contributed by atoms with Crippen LogP contribution in [0.2, 0.25) is 0 Å². The molecule has 21 heavy (non-hydrogen) atoms. The highest BCUT2D eigenvalue weighted by molar-refractivity contribution is 6.25. The maximum Gasteiger partial charge on any atom is 0.268 e. The Morgan fingerprint density at radius 1 is 1.19 bits per heavy atom. The molecule has 0 aromatic heterocycles. The van der Waals surface area contributed by atoms with Crippen molar-refractivity contribution in [2.24, 2.45) is 0 Å². The fraction of sp³-hybridized carbons (Fsp3) is 0.562. The minimum atomic E-state index is -0.779. The van der Waals surface area contributed by atoms with E-state index in [0.717, 1.165) is 30.6 Å². The Morgan fingerprint density at radius 2 is 1.81 bits per heavy atom. The van der Waals surface area contributed by atoms with Crippen LogP contribution in [-0.4, -0.2) is 22.5 Å². The van der Waals surface area contributed by atoms with Gasteiger partial charge in [-0.15, -0.1) is 0 Å². The summed E-state index contributed by atoms with van der Waals surface area (Å²) in [5.74, 6) is -2.41. The van der Waals surface area contributed by atoms with Gasteiger partial charge in [0.25, 0.3) is 5.91 Å². The van der Waals surface area contributed by atoms with Gasteiger partial charge in [-0.1, -0.05) is 44.4 Å². The summed E-state index contributed by atoms with van der Waals surface area (Å²) in [6.45, 7) is 4.87. The van der Waals surface area contributed by atoms with Crippen molar-refractivity contribution in [3.63, 3.8) is 0 Å². The molecule has 5 heteroatoms. The fourth-order valence-electron chi connectivity index (χ4n) is 2.38. The Labute approximate surface area is 125 Å². The Morgan fingerprint density at radius 3 is 2.29 bits per heavy atom. The molecule has 2 amide bonds. The monoisotopic (exact) mass is 292 g/mol. The number of carbonyl (C=O) groups excluding carboxylic acids is 3. The van der Waals surface area contributed by atoms with Gasteiger partial charge in [0.2, 0.25) is 5.91 Å². The molecule has 0 radical (unpaired) electrons. The number of amides is 2. The minimum absolute atomic E-state index is 0.0122. The first-order chi connectivity index (χ1) is 9.95. The van der Waals surface area contributed by atoms with Crippen molar-refractivity contribution in [2.75, 3.05) is 0 Å². The normalized spacial score (nSPS) is 17.0. The van der Waals surface area contributed by atoms with Gasteiger partial charge in [0.15, 0.2) is 5.78 Å². The Bertz CT molecular complexity index is 502. The highest BCUT2D eigenvalue weighted by Gasteiger charge is 2.35. The number of rotatable bonds is 7. The summed E-state index contributed by atoms with van der Waals surface area (Å²) in [6, 6.07) is 0. The van der Waals surface area contributed by atoms with Crippen LogP contribution in [0.25, 0.3) is 0 Å². The van der Waals surface area contributed by atoms with Crippen LogP contribution in [0.5, 0.6) is 0 Å². The minimum Gasteiger partial charge on any atom is -0.870 e. The lowest BCUT2D eigenvalue weighted by molar-refractivity contribution is -0.298. The molecule has 0 aliphatic carbocycles. The molecule has 0 N–H and O–H groups in total. The molecule has 0 saturated heterocycles. The largest absolute Gasteiger partial charge is 0.870 e. The van der Waals surface area contributed by atoms with Crippen LogP contribution in [-0.2, 0) is 14.4 Å². The molecule has 0 spiro atoms. The van der Waals surface area contributed by atoms with E-state index in [1.165, 1.54) is 13.0 Å². The lowest BCUT2D eigenvalue weighted by Gasteiger charge is -2.17. The summed E-state index contributed by atoms with van der Waals surface area (Å²) < 4.78 is 0. The summed E-state index contributed by atoms with van der Waals surface area (Å²) in [6.07, 6.45) is 6.41. The third-order valence-corrected chi connectivity index (χ3v) is 3.49. The maximum atomic E-state index is 12.1. The van der Waals surface area contributed by atoms with Gasteiger partial charge in [-0.05, 0) is 13.3 Å². The number of hydrogen-bond donors (Lipinski definition) is 0. The van der Waals surface area contributed by atoms with Crippen LogP contribution in [0.15, 0.2) is 23.1 Å². The predicted molar refractivity (Wildman–Crippen MR) is 76.7 cm³/mol. The number of carbonyl (C=O) groups is 3. The average molecular weight is 292 g/mol. The van der Waals surface area contributed by atoms with E-state index in [-0.39, 0.29) is 17.7 Å².